The molecule has 3 aromatic carbocycles. The van der Waals surface area contributed by atoms with E-state index in [9.17, 15) is 4.79 Å². The Morgan fingerprint density at radius 2 is 1.44 bits per heavy atom. The largest absolute Gasteiger partial charge is 0.455 e. The van der Waals surface area contributed by atoms with Crippen molar-refractivity contribution in [1.29, 1.82) is 0 Å². The van der Waals surface area contributed by atoms with Gasteiger partial charge in [-0.1, -0.05) is 91.0 Å². The predicted octanol–water partition coefficient (Wildman–Crippen LogP) is 4.56. The Balaban J connectivity index is 1.39. The van der Waals surface area contributed by atoms with Gasteiger partial charge in [-0.05, 0) is 23.6 Å². The van der Waals surface area contributed by atoms with Gasteiger partial charge in [0.1, 0.15) is 11.7 Å². The smallest absolute Gasteiger partial charge is 0.302 e. The van der Waals surface area contributed by atoms with Crippen LogP contribution in [0.2, 0.25) is 0 Å². The third-order valence-electron chi connectivity index (χ3n) is 6.88. The van der Waals surface area contributed by atoms with Crippen molar-refractivity contribution < 1.29 is 18.6 Å². The molecule has 0 saturated carbocycles. The van der Waals surface area contributed by atoms with Crippen LogP contribution in [0.1, 0.15) is 28.5 Å². The number of benzene rings is 3. The minimum Gasteiger partial charge on any atom is -0.455 e. The van der Waals surface area contributed by atoms with E-state index in [4.69, 9.17) is 14.2 Å². The molecule has 4 aromatic rings. The zero-order chi connectivity index (χ0) is 24.7. The molecule has 0 radical (unpaired) electrons. The van der Waals surface area contributed by atoms with Gasteiger partial charge in [0.15, 0.2) is 18.5 Å². The highest BCUT2D eigenvalue weighted by Gasteiger charge is 2.53. The number of alkyl halides is 1. The van der Waals surface area contributed by atoms with Crippen molar-refractivity contribution in [2.24, 2.45) is 0 Å². The second-order valence-electron chi connectivity index (χ2n) is 9.10. The minimum absolute atomic E-state index is 0.0536. The SMILES string of the molecule is Cc1cn2c(nc1=O)O[C@H]1[C@H](F)[C@@H]2O[C@H]1COC(c1ccccc1)(c1ccccc1)c1ccccc1. The fourth-order valence-corrected chi connectivity index (χ4v) is 5.11. The van der Waals surface area contributed by atoms with E-state index >= 15 is 4.39 Å². The van der Waals surface area contributed by atoms with Crippen LogP contribution in [0, 0.1) is 6.92 Å². The van der Waals surface area contributed by atoms with Crippen molar-refractivity contribution in [3.63, 3.8) is 0 Å². The Bertz CT molecular complexity index is 1320. The maximum absolute atomic E-state index is 15.4. The summed E-state index contributed by atoms with van der Waals surface area (Å²) in [6.45, 7) is 1.68. The zero-order valence-corrected chi connectivity index (χ0v) is 19.7. The first-order valence-electron chi connectivity index (χ1n) is 11.9. The second-order valence-corrected chi connectivity index (χ2v) is 9.10. The highest BCUT2D eigenvalue weighted by Crippen LogP contribution is 2.44. The highest BCUT2D eigenvalue weighted by molar-refractivity contribution is 5.47. The summed E-state index contributed by atoms with van der Waals surface area (Å²) in [5, 5.41) is 0. The van der Waals surface area contributed by atoms with E-state index < -0.39 is 35.8 Å². The van der Waals surface area contributed by atoms with Crippen LogP contribution in [0.5, 0.6) is 6.01 Å². The molecule has 0 spiro atoms. The van der Waals surface area contributed by atoms with Crippen molar-refractivity contribution in [3.05, 3.63) is 130 Å². The van der Waals surface area contributed by atoms with Crippen LogP contribution in [0.15, 0.2) is 102 Å². The molecule has 1 saturated heterocycles. The molecule has 182 valence electrons. The van der Waals surface area contributed by atoms with Crippen molar-refractivity contribution in [2.45, 2.75) is 37.1 Å². The number of aromatic nitrogens is 2. The molecule has 6 nitrogen and oxygen atoms in total. The van der Waals surface area contributed by atoms with Gasteiger partial charge in [0.2, 0.25) is 0 Å². The molecule has 6 rings (SSSR count). The lowest BCUT2D eigenvalue weighted by Crippen LogP contribution is -2.43. The first-order chi connectivity index (χ1) is 17.6. The Morgan fingerprint density at radius 3 is 1.97 bits per heavy atom. The van der Waals surface area contributed by atoms with E-state index in [0.717, 1.165) is 16.7 Å². The average Bonchev–Trinajstić information content (AvgIpc) is 3.13. The van der Waals surface area contributed by atoms with Crippen LogP contribution < -0.4 is 10.3 Å². The number of ether oxygens (including phenoxy) is 3. The molecule has 4 atom stereocenters. The molecule has 2 aliphatic rings. The van der Waals surface area contributed by atoms with Crippen molar-refractivity contribution >= 4 is 0 Å². The van der Waals surface area contributed by atoms with E-state index in [1.54, 1.807) is 6.92 Å². The number of aryl methyl sites for hydroxylation is 1. The first kappa shape index (κ1) is 22.6. The summed E-state index contributed by atoms with van der Waals surface area (Å²) in [4.78, 5) is 16.0. The van der Waals surface area contributed by atoms with Crippen LogP contribution in [0.4, 0.5) is 4.39 Å². The highest BCUT2D eigenvalue weighted by atomic mass is 19.1. The molecule has 0 N–H and O–H groups in total. The standard InChI is InChI=1S/C29H25FN2O4/c1-19-17-32-27-24(30)25(36-28(32)31-26(19)33)23(35-27)18-34-29(20-11-5-2-6-12-20,21-13-7-3-8-14-21)22-15-9-4-10-16-22/h2-17,23-25,27H,18H2,1H3/t23-,24-,25+,27-/m0/s1. The van der Waals surface area contributed by atoms with E-state index in [1.807, 2.05) is 91.0 Å². The predicted molar refractivity (Wildman–Crippen MR) is 132 cm³/mol. The first-order valence-corrected chi connectivity index (χ1v) is 11.9. The molecular weight excluding hydrogens is 459 g/mol. The van der Waals surface area contributed by atoms with Gasteiger partial charge >= 0.3 is 6.01 Å². The van der Waals surface area contributed by atoms with Gasteiger partial charge in [0.25, 0.3) is 5.56 Å². The summed E-state index contributed by atoms with van der Waals surface area (Å²) in [6.07, 6.45) is -2.47. The quantitative estimate of drug-likeness (QED) is 0.376. The number of nitrogens with zero attached hydrogens (tertiary/aromatic N) is 2. The zero-order valence-electron chi connectivity index (χ0n) is 19.7. The fraction of sp³-hybridized carbons (Fsp3) is 0.241. The van der Waals surface area contributed by atoms with Gasteiger partial charge in [-0.2, -0.15) is 4.98 Å². The molecule has 1 fully saturated rings. The normalized spacial score (nSPS) is 22.6. The van der Waals surface area contributed by atoms with E-state index in [-0.39, 0.29) is 12.6 Å². The Morgan fingerprint density at radius 1 is 0.917 bits per heavy atom. The van der Waals surface area contributed by atoms with Crippen LogP contribution in [0.25, 0.3) is 0 Å². The minimum atomic E-state index is -1.42. The number of halogens is 1. The maximum atomic E-state index is 15.4. The molecule has 36 heavy (non-hydrogen) atoms. The van der Waals surface area contributed by atoms with E-state index in [1.165, 1.54) is 10.8 Å². The number of rotatable bonds is 6. The lowest BCUT2D eigenvalue weighted by Gasteiger charge is -2.37. The molecule has 0 aliphatic carbocycles. The van der Waals surface area contributed by atoms with E-state index in [2.05, 4.69) is 4.98 Å². The molecule has 7 heteroatoms. The number of hydrogen-bond acceptors (Lipinski definition) is 5. The Labute approximate surface area is 207 Å². The molecule has 0 unspecified atom stereocenters. The molecule has 2 bridgehead atoms. The van der Waals surface area contributed by atoms with Gasteiger partial charge in [-0.15, -0.1) is 0 Å². The average molecular weight is 485 g/mol. The maximum Gasteiger partial charge on any atom is 0.302 e. The van der Waals surface area contributed by atoms with Crippen LogP contribution in [0.3, 0.4) is 0 Å². The lowest BCUT2D eigenvalue weighted by molar-refractivity contribution is -0.0830. The third kappa shape index (κ3) is 3.63. The van der Waals surface area contributed by atoms with E-state index in [0.29, 0.717) is 5.56 Å². The number of hydrogen-bond donors (Lipinski definition) is 0. The van der Waals surface area contributed by atoms with Gasteiger partial charge < -0.3 is 14.2 Å². The fourth-order valence-electron chi connectivity index (χ4n) is 5.11. The topological polar surface area (TPSA) is 62.6 Å². The van der Waals surface area contributed by atoms with Gasteiger partial charge in [-0.25, -0.2) is 4.39 Å². The molecular formula is C29H25FN2O4. The summed E-state index contributed by atoms with van der Waals surface area (Å²) in [5.41, 5.74) is 1.84. The molecule has 3 heterocycles. The summed E-state index contributed by atoms with van der Waals surface area (Å²) in [5.74, 6) is 0. The van der Waals surface area contributed by atoms with Crippen molar-refractivity contribution in [1.82, 2.24) is 9.55 Å². The summed E-state index contributed by atoms with van der Waals surface area (Å²) >= 11 is 0. The van der Waals surface area contributed by atoms with Crippen molar-refractivity contribution in [3.8, 4) is 6.01 Å². The number of fused-ring (bicyclic) bond motifs is 4. The van der Waals surface area contributed by atoms with Crippen LogP contribution in [-0.2, 0) is 15.1 Å². The van der Waals surface area contributed by atoms with Gasteiger partial charge in [0, 0.05) is 11.8 Å². The molecule has 2 aliphatic heterocycles. The van der Waals surface area contributed by atoms with Crippen LogP contribution in [-0.4, -0.2) is 34.5 Å². The van der Waals surface area contributed by atoms with Gasteiger partial charge in [-0.3, -0.25) is 9.36 Å². The monoisotopic (exact) mass is 484 g/mol. The van der Waals surface area contributed by atoms with Crippen LogP contribution >= 0.6 is 0 Å². The third-order valence-corrected chi connectivity index (χ3v) is 6.88. The Hall–Kier alpha value is -3.81. The van der Waals surface area contributed by atoms with Crippen molar-refractivity contribution in [2.75, 3.05) is 6.61 Å². The molecule has 0 amide bonds. The van der Waals surface area contributed by atoms with Gasteiger partial charge in [0.05, 0.1) is 6.61 Å². The molecule has 1 aromatic heterocycles. The summed E-state index contributed by atoms with van der Waals surface area (Å²) in [6, 6.07) is 29.9. The lowest BCUT2D eigenvalue weighted by atomic mass is 9.80. The summed E-state index contributed by atoms with van der Waals surface area (Å²) in [7, 11) is 0. The second kappa shape index (κ2) is 9.00. The Kier molecular flexibility index (Phi) is 5.66. The summed E-state index contributed by atoms with van der Waals surface area (Å²) < 4.78 is 35.6.